The van der Waals surface area contributed by atoms with Crippen molar-refractivity contribution in [2.45, 2.75) is 26.1 Å². The molecule has 1 rings (SSSR count). The van der Waals surface area contributed by atoms with Crippen molar-refractivity contribution in [2.75, 3.05) is 19.6 Å². The summed E-state index contributed by atoms with van der Waals surface area (Å²) < 4.78 is 0. The lowest BCUT2D eigenvalue weighted by Gasteiger charge is -2.13. The minimum absolute atomic E-state index is 0.952. The molecule has 0 saturated heterocycles. The minimum atomic E-state index is 0.952. The Morgan fingerprint density at radius 2 is 1.40 bits per heavy atom. The van der Waals surface area contributed by atoms with Gasteiger partial charge in [0.25, 0.3) is 0 Å². The lowest BCUT2D eigenvalue weighted by Crippen LogP contribution is -2.21. The van der Waals surface area contributed by atoms with Crippen molar-refractivity contribution in [3.05, 3.63) is 35.9 Å². The first-order chi connectivity index (χ1) is 7.28. The molecule has 0 radical (unpaired) electrons. The summed E-state index contributed by atoms with van der Waals surface area (Å²) in [6, 6.07) is 10.3. The lowest BCUT2D eigenvalue weighted by atomic mass is 10.2. The summed E-state index contributed by atoms with van der Waals surface area (Å²) in [4.78, 5) is 2.38. The van der Waals surface area contributed by atoms with Crippen LogP contribution in [-0.2, 0) is 5.33 Å². The van der Waals surface area contributed by atoms with Gasteiger partial charge in [-0.05, 0) is 25.2 Å². The van der Waals surface area contributed by atoms with Gasteiger partial charge >= 0.3 is 0 Å². The van der Waals surface area contributed by atoms with Crippen LogP contribution in [0.25, 0.3) is 0 Å². The molecule has 0 amide bonds. The van der Waals surface area contributed by atoms with E-state index in [4.69, 9.17) is 0 Å². The van der Waals surface area contributed by atoms with Crippen molar-refractivity contribution in [3.63, 3.8) is 0 Å². The summed E-state index contributed by atoms with van der Waals surface area (Å²) in [5.41, 5.74) is 1.33. The predicted molar refractivity (Wildman–Crippen MR) is 72.5 cm³/mol. The van der Waals surface area contributed by atoms with Gasteiger partial charge in [-0.15, -0.1) is 0 Å². The van der Waals surface area contributed by atoms with Crippen LogP contribution in [0.3, 0.4) is 0 Å². The highest BCUT2D eigenvalue weighted by molar-refractivity contribution is 9.08. The van der Waals surface area contributed by atoms with Crippen molar-refractivity contribution < 1.29 is 0 Å². The molecule has 0 atom stereocenters. The third-order valence-corrected chi connectivity index (χ3v) is 2.99. The molecule has 0 N–H and O–H groups in total. The maximum Gasteiger partial charge on any atom is 0.0283 e. The van der Waals surface area contributed by atoms with Gasteiger partial charge in [0.05, 0.1) is 0 Å². The number of benzene rings is 1. The predicted octanol–water partition coefficient (Wildman–Crippen LogP) is 3.93. The Hall–Kier alpha value is -0.340. The molecule has 1 aromatic rings. The zero-order chi connectivity index (χ0) is 11.5. The second-order valence-electron chi connectivity index (χ2n) is 3.24. The Morgan fingerprint density at radius 3 is 1.60 bits per heavy atom. The van der Waals surface area contributed by atoms with Gasteiger partial charge in [0.2, 0.25) is 0 Å². The molecule has 0 spiro atoms. The van der Waals surface area contributed by atoms with Gasteiger partial charge in [-0.3, -0.25) is 0 Å². The van der Waals surface area contributed by atoms with Gasteiger partial charge in [-0.2, -0.15) is 0 Å². The first kappa shape index (κ1) is 14.7. The largest absolute Gasteiger partial charge is 0.304 e. The Balaban J connectivity index is 0.000000265. The second-order valence-corrected chi connectivity index (χ2v) is 3.80. The highest BCUT2D eigenvalue weighted by Crippen LogP contribution is 2.02. The Kier molecular flexibility index (Phi) is 9.96. The van der Waals surface area contributed by atoms with E-state index < -0.39 is 0 Å². The molecular formula is C13H22BrN. The van der Waals surface area contributed by atoms with E-state index in [1.54, 1.807) is 0 Å². The number of hydrogen-bond donors (Lipinski definition) is 0. The third-order valence-electron chi connectivity index (χ3n) is 2.34. The lowest BCUT2D eigenvalue weighted by molar-refractivity contribution is 0.321. The van der Waals surface area contributed by atoms with Gasteiger partial charge in [0.1, 0.15) is 0 Å². The van der Waals surface area contributed by atoms with Gasteiger partial charge in [0.15, 0.2) is 0 Å². The summed E-state index contributed by atoms with van der Waals surface area (Å²) in [6.45, 7) is 10.1. The third kappa shape index (κ3) is 7.57. The highest BCUT2D eigenvalue weighted by Gasteiger charge is 1.89. The molecule has 0 aliphatic rings. The smallest absolute Gasteiger partial charge is 0.0283 e. The van der Waals surface area contributed by atoms with Crippen LogP contribution < -0.4 is 0 Å². The molecule has 2 heteroatoms. The van der Waals surface area contributed by atoms with E-state index in [0.29, 0.717) is 0 Å². The van der Waals surface area contributed by atoms with Crippen molar-refractivity contribution in [1.82, 2.24) is 4.90 Å². The fourth-order valence-corrected chi connectivity index (χ4v) is 1.61. The van der Waals surface area contributed by atoms with E-state index in [2.05, 4.69) is 53.7 Å². The van der Waals surface area contributed by atoms with Crippen LogP contribution in [0.2, 0.25) is 0 Å². The summed E-state index contributed by atoms with van der Waals surface area (Å²) >= 11 is 3.36. The standard InChI is InChI=1S/C7H7Br.C6H15N/c8-6-7-4-2-1-3-5-7;1-4-7(5-2)6-3/h1-5H,6H2;4-6H2,1-3H3. The molecule has 0 fully saturated rings. The van der Waals surface area contributed by atoms with E-state index in [0.717, 1.165) is 5.33 Å². The first-order valence-corrected chi connectivity index (χ1v) is 6.72. The second kappa shape index (κ2) is 10.2. The van der Waals surface area contributed by atoms with Crippen molar-refractivity contribution in [3.8, 4) is 0 Å². The molecule has 1 aromatic carbocycles. The molecule has 15 heavy (non-hydrogen) atoms. The van der Waals surface area contributed by atoms with Crippen molar-refractivity contribution in [1.29, 1.82) is 0 Å². The van der Waals surface area contributed by atoms with E-state index in [1.165, 1.54) is 25.2 Å². The average Bonchev–Trinajstić information content (AvgIpc) is 2.33. The monoisotopic (exact) mass is 271 g/mol. The van der Waals surface area contributed by atoms with Gasteiger partial charge in [0, 0.05) is 5.33 Å². The molecule has 86 valence electrons. The van der Waals surface area contributed by atoms with Crippen LogP contribution in [0.1, 0.15) is 26.3 Å². The van der Waals surface area contributed by atoms with E-state index in [-0.39, 0.29) is 0 Å². The SMILES string of the molecule is BrCc1ccccc1.CCN(CC)CC. The summed E-state index contributed by atoms with van der Waals surface area (Å²) in [7, 11) is 0. The fraction of sp³-hybridized carbons (Fsp3) is 0.538. The molecule has 0 aliphatic heterocycles. The number of halogens is 1. The van der Waals surface area contributed by atoms with Crippen LogP contribution in [0.5, 0.6) is 0 Å². The normalized spacial score (nSPS) is 9.67. The number of rotatable bonds is 4. The van der Waals surface area contributed by atoms with Crippen LogP contribution in [0.4, 0.5) is 0 Å². The molecule has 0 aliphatic carbocycles. The quantitative estimate of drug-likeness (QED) is 0.751. The molecular weight excluding hydrogens is 250 g/mol. The Bertz CT molecular complexity index is 214. The van der Waals surface area contributed by atoms with Crippen LogP contribution in [0.15, 0.2) is 30.3 Å². The van der Waals surface area contributed by atoms with E-state index >= 15 is 0 Å². The molecule has 0 unspecified atom stereocenters. The molecule has 0 aromatic heterocycles. The number of hydrogen-bond acceptors (Lipinski definition) is 1. The van der Waals surface area contributed by atoms with Crippen LogP contribution >= 0.6 is 15.9 Å². The summed E-state index contributed by atoms with van der Waals surface area (Å²) in [6.07, 6.45) is 0. The first-order valence-electron chi connectivity index (χ1n) is 5.60. The Morgan fingerprint density at radius 1 is 0.933 bits per heavy atom. The highest BCUT2D eigenvalue weighted by atomic mass is 79.9. The van der Waals surface area contributed by atoms with E-state index in [9.17, 15) is 0 Å². The van der Waals surface area contributed by atoms with Crippen molar-refractivity contribution >= 4 is 15.9 Å². The number of alkyl halides is 1. The van der Waals surface area contributed by atoms with Gasteiger partial charge in [-0.25, -0.2) is 0 Å². The van der Waals surface area contributed by atoms with Crippen molar-refractivity contribution in [2.24, 2.45) is 0 Å². The molecule has 0 heterocycles. The molecule has 1 nitrogen and oxygen atoms in total. The zero-order valence-corrected chi connectivity index (χ0v) is 11.6. The number of nitrogens with zero attached hydrogens (tertiary/aromatic N) is 1. The maximum absolute atomic E-state index is 3.36. The zero-order valence-electron chi connectivity index (χ0n) is 10.0. The van der Waals surface area contributed by atoms with Gasteiger partial charge < -0.3 is 4.90 Å². The fourth-order valence-electron chi connectivity index (χ4n) is 1.24. The topological polar surface area (TPSA) is 3.24 Å². The average molecular weight is 272 g/mol. The Labute approximate surface area is 103 Å². The summed E-state index contributed by atoms with van der Waals surface area (Å²) in [5.74, 6) is 0. The van der Waals surface area contributed by atoms with Crippen LogP contribution in [-0.4, -0.2) is 24.5 Å². The molecule has 0 saturated carbocycles. The van der Waals surface area contributed by atoms with Crippen LogP contribution in [0, 0.1) is 0 Å². The summed E-state index contributed by atoms with van der Waals surface area (Å²) in [5, 5.41) is 0.952. The maximum atomic E-state index is 3.36. The van der Waals surface area contributed by atoms with Gasteiger partial charge in [-0.1, -0.05) is 67.0 Å². The minimum Gasteiger partial charge on any atom is -0.304 e. The molecule has 0 bridgehead atoms. The van der Waals surface area contributed by atoms with E-state index in [1.807, 2.05) is 18.2 Å².